The van der Waals surface area contributed by atoms with Crippen LogP contribution in [-0.4, -0.2) is 38.4 Å². The molecule has 3 aromatic rings. The number of rotatable bonds is 6. The van der Waals surface area contributed by atoms with Crippen LogP contribution >= 0.6 is 11.3 Å². The highest BCUT2D eigenvalue weighted by Crippen LogP contribution is 2.36. The standard InChI is InChI=1S/C22H21N3O4S2/c1-29-18-11-7-16(8-12-18)22(26)25-20(21-4-3-13-30-21)14-19(23-25)15-5-9-17(10-6-15)24-31(2,27)28/h3-13,20,24H,14H2,1-2H3/t20-/m0/s1. The topological polar surface area (TPSA) is 88.1 Å². The smallest absolute Gasteiger partial charge is 0.274 e. The van der Waals surface area contributed by atoms with E-state index in [-0.39, 0.29) is 11.9 Å². The van der Waals surface area contributed by atoms with E-state index in [0.29, 0.717) is 23.4 Å². The van der Waals surface area contributed by atoms with Gasteiger partial charge in [0.15, 0.2) is 0 Å². The molecule has 0 bridgehead atoms. The van der Waals surface area contributed by atoms with Crippen LogP contribution in [0.4, 0.5) is 5.69 Å². The fourth-order valence-electron chi connectivity index (χ4n) is 3.39. The number of methoxy groups -OCH3 is 1. The Morgan fingerprint density at radius 3 is 2.42 bits per heavy atom. The van der Waals surface area contributed by atoms with Crippen LogP contribution in [0.5, 0.6) is 5.75 Å². The first-order chi connectivity index (χ1) is 14.8. The zero-order chi connectivity index (χ0) is 22.0. The van der Waals surface area contributed by atoms with Crippen molar-refractivity contribution < 1.29 is 17.9 Å². The average molecular weight is 456 g/mol. The lowest BCUT2D eigenvalue weighted by atomic mass is 10.0. The number of hydrazone groups is 1. The van der Waals surface area contributed by atoms with Crippen LogP contribution in [0, 0.1) is 0 Å². The maximum absolute atomic E-state index is 13.2. The highest BCUT2D eigenvalue weighted by molar-refractivity contribution is 7.92. The number of thiophene rings is 1. The Bertz CT molecular complexity index is 1200. The van der Waals surface area contributed by atoms with Gasteiger partial charge in [0, 0.05) is 22.5 Å². The first kappa shape index (κ1) is 21.1. The molecule has 0 saturated heterocycles. The van der Waals surface area contributed by atoms with E-state index in [1.165, 1.54) is 5.01 Å². The number of carbonyl (C=O) groups is 1. The van der Waals surface area contributed by atoms with Crippen molar-refractivity contribution >= 4 is 38.7 Å². The molecule has 1 amide bonds. The van der Waals surface area contributed by atoms with Crippen molar-refractivity contribution in [2.75, 3.05) is 18.1 Å². The number of hydrogen-bond acceptors (Lipinski definition) is 6. The van der Waals surface area contributed by atoms with E-state index in [0.717, 1.165) is 22.4 Å². The first-order valence-corrected chi connectivity index (χ1v) is 12.3. The van der Waals surface area contributed by atoms with Crippen molar-refractivity contribution in [2.45, 2.75) is 12.5 Å². The van der Waals surface area contributed by atoms with Crippen molar-refractivity contribution in [3.8, 4) is 5.75 Å². The third-order valence-electron chi connectivity index (χ3n) is 4.85. The minimum Gasteiger partial charge on any atom is -0.497 e. The Morgan fingerprint density at radius 1 is 1.13 bits per heavy atom. The van der Waals surface area contributed by atoms with Crippen molar-refractivity contribution in [1.29, 1.82) is 0 Å². The molecule has 0 spiro atoms. The molecule has 31 heavy (non-hydrogen) atoms. The molecule has 4 rings (SSSR count). The van der Waals surface area contributed by atoms with E-state index in [2.05, 4.69) is 9.82 Å². The third kappa shape index (κ3) is 4.78. The van der Waals surface area contributed by atoms with E-state index < -0.39 is 10.0 Å². The summed E-state index contributed by atoms with van der Waals surface area (Å²) in [5.74, 6) is 0.492. The molecule has 0 fully saturated rings. The minimum atomic E-state index is -3.34. The summed E-state index contributed by atoms with van der Waals surface area (Å²) in [7, 11) is -1.76. The fraction of sp³-hybridized carbons (Fsp3) is 0.182. The second-order valence-electron chi connectivity index (χ2n) is 7.11. The predicted molar refractivity (Wildman–Crippen MR) is 122 cm³/mol. The molecular formula is C22H21N3O4S2. The summed E-state index contributed by atoms with van der Waals surface area (Å²) in [5.41, 5.74) is 2.61. The maximum Gasteiger partial charge on any atom is 0.274 e. The van der Waals surface area contributed by atoms with Gasteiger partial charge in [0.1, 0.15) is 5.75 Å². The molecule has 2 aromatic carbocycles. The summed E-state index contributed by atoms with van der Waals surface area (Å²) in [4.78, 5) is 14.3. The number of sulfonamides is 1. The summed E-state index contributed by atoms with van der Waals surface area (Å²) in [6.07, 6.45) is 1.68. The monoisotopic (exact) mass is 455 g/mol. The Kier molecular flexibility index (Phi) is 5.79. The van der Waals surface area contributed by atoms with Crippen molar-refractivity contribution in [3.05, 3.63) is 82.0 Å². The normalized spacial score (nSPS) is 16.1. The van der Waals surface area contributed by atoms with Gasteiger partial charge < -0.3 is 4.74 Å². The first-order valence-electron chi connectivity index (χ1n) is 9.51. The van der Waals surface area contributed by atoms with E-state index >= 15 is 0 Å². The van der Waals surface area contributed by atoms with Crippen molar-refractivity contribution in [3.63, 3.8) is 0 Å². The van der Waals surface area contributed by atoms with E-state index in [1.807, 2.05) is 17.5 Å². The average Bonchev–Trinajstić information content (AvgIpc) is 3.42. The van der Waals surface area contributed by atoms with Gasteiger partial charge >= 0.3 is 0 Å². The van der Waals surface area contributed by atoms with Crippen LogP contribution in [0.2, 0.25) is 0 Å². The van der Waals surface area contributed by atoms with Gasteiger partial charge in [0.05, 0.1) is 25.1 Å². The largest absolute Gasteiger partial charge is 0.497 e. The number of nitrogens with zero attached hydrogens (tertiary/aromatic N) is 2. The number of ether oxygens (including phenoxy) is 1. The Hall–Kier alpha value is -3.17. The molecule has 9 heteroatoms. The van der Waals surface area contributed by atoms with E-state index in [1.54, 1.807) is 67.0 Å². The number of hydrogen-bond donors (Lipinski definition) is 1. The molecule has 0 unspecified atom stereocenters. The van der Waals surface area contributed by atoms with Gasteiger partial charge in [-0.15, -0.1) is 11.3 Å². The number of nitrogens with one attached hydrogen (secondary N) is 1. The van der Waals surface area contributed by atoms with Gasteiger partial charge in [-0.05, 0) is 53.4 Å². The van der Waals surface area contributed by atoms with E-state index in [4.69, 9.17) is 4.74 Å². The maximum atomic E-state index is 13.2. The van der Waals surface area contributed by atoms with E-state index in [9.17, 15) is 13.2 Å². The number of amides is 1. The zero-order valence-corrected chi connectivity index (χ0v) is 18.6. The summed E-state index contributed by atoms with van der Waals surface area (Å²) < 4.78 is 30.5. The third-order valence-corrected chi connectivity index (χ3v) is 6.43. The molecular weight excluding hydrogens is 434 g/mol. The molecule has 1 N–H and O–H groups in total. The Labute approximate surface area is 185 Å². The lowest BCUT2D eigenvalue weighted by Gasteiger charge is -2.20. The summed E-state index contributed by atoms with van der Waals surface area (Å²) >= 11 is 1.58. The molecule has 7 nitrogen and oxygen atoms in total. The highest BCUT2D eigenvalue weighted by Gasteiger charge is 2.34. The number of carbonyl (C=O) groups excluding carboxylic acids is 1. The molecule has 1 aliphatic rings. The minimum absolute atomic E-state index is 0.189. The fourth-order valence-corrected chi connectivity index (χ4v) is 4.76. The molecule has 0 radical (unpaired) electrons. The van der Waals surface area contributed by atoms with Gasteiger partial charge in [-0.2, -0.15) is 5.10 Å². The summed E-state index contributed by atoms with van der Waals surface area (Å²) in [6, 6.07) is 17.7. The summed E-state index contributed by atoms with van der Waals surface area (Å²) in [6.45, 7) is 0. The van der Waals surface area contributed by atoms with Crippen LogP contribution < -0.4 is 9.46 Å². The number of anilines is 1. The molecule has 1 aliphatic heterocycles. The molecule has 160 valence electrons. The SMILES string of the molecule is COc1ccc(C(=O)N2N=C(c3ccc(NS(C)(=O)=O)cc3)C[C@H]2c2cccs2)cc1. The zero-order valence-electron chi connectivity index (χ0n) is 17.0. The van der Waals surface area contributed by atoms with Gasteiger partial charge in [-0.25, -0.2) is 13.4 Å². The Morgan fingerprint density at radius 2 is 1.84 bits per heavy atom. The van der Waals surface area contributed by atoms with Crippen LogP contribution in [0.15, 0.2) is 71.1 Å². The predicted octanol–water partition coefficient (Wildman–Crippen LogP) is 4.12. The molecule has 2 heterocycles. The van der Waals surface area contributed by atoms with Crippen LogP contribution in [0.25, 0.3) is 0 Å². The molecule has 1 aromatic heterocycles. The lowest BCUT2D eigenvalue weighted by molar-refractivity contribution is 0.0713. The second kappa shape index (κ2) is 8.52. The van der Waals surface area contributed by atoms with Gasteiger partial charge in [0.2, 0.25) is 10.0 Å². The van der Waals surface area contributed by atoms with Gasteiger partial charge in [-0.3, -0.25) is 9.52 Å². The highest BCUT2D eigenvalue weighted by atomic mass is 32.2. The molecule has 0 aliphatic carbocycles. The summed E-state index contributed by atoms with van der Waals surface area (Å²) in [5, 5.41) is 8.17. The van der Waals surface area contributed by atoms with Crippen molar-refractivity contribution in [2.24, 2.45) is 5.10 Å². The van der Waals surface area contributed by atoms with Crippen molar-refractivity contribution in [1.82, 2.24) is 5.01 Å². The number of benzene rings is 2. The molecule has 1 atom stereocenters. The molecule has 0 saturated carbocycles. The second-order valence-corrected chi connectivity index (χ2v) is 9.84. The quantitative estimate of drug-likeness (QED) is 0.606. The van der Waals surface area contributed by atoms with Crippen LogP contribution in [0.3, 0.4) is 0 Å². The van der Waals surface area contributed by atoms with Crippen LogP contribution in [0.1, 0.15) is 33.3 Å². The van der Waals surface area contributed by atoms with Gasteiger partial charge in [0.25, 0.3) is 5.91 Å². The lowest BCUT2D eigenvalue weighted by Crippen LogP contribution is -2.26. The van der Waals surface area contributed by atoms with Gasteiger partial charge in [-0.1, -0.05) is 18.2 Å². The van der Waals surface area contributed by atoms with Crippen LogP contribution in [-0.2, 0) is 10.0 Å². The Balaban J connectivity index is 1.64.